The highest BCUT2D eigenvalue weighted by Gasteiger charge is 2.13. The van der Waals surface area contributed by atoms with Crippen LogP contribution in [0.1, 0.15) is 27.0 Å². The van der Waals surface area contributed by atoms with E-state index < -0.39 is 0 Å². The Morgan fingerprint density at radius 1 is 0.926 bits per heavy atom. The van der Waals surface area contributed by atoms with E-state index in [-0.39, 0.29) is 5.91 Å². The van der Waals surface area contributed by atoms with E-state index in [0.29, 0.717) is 11.5 Å². The van der Waals surface area contributed by atoms with Crippen molar-refractivity contribution in [1.29, 1.82) is 0 Å². The van der Waals surface area contributed by atoms with E-state index in [4.69, 9.17) is 4.42 Å². The van der Waals surface area contributed by atoms with Crippen LogP contribution >= 0.6 is 0 Å². The van der Waals surface area contributed by atoms with Crippen molar-refractivity contribution < 1.29 is 9.21 Å². The van der Waals surface area contributed by atoms with E-state index in [2.05, 4.69) is 10.3 Å². The fraction of sp³-hybridized carbons (Fsp3) is 0.130. The lowest BCUT2D eigenvalue weighted by molar-refractivity contribution is 0.102. The minimum Gasteiger partial charge on any atom is -0.436 e. The molecule has 1 aromatic heterocycles. The Balaban J connectivity index is 1.68. The number of anilines is 1. The summed E-state index contributed by atoms with van der Waals surface area (Å²) < 4.78 is 5.91. The van der Waals surface area contributed by atoms with Crippen molar-refractivity contribution in [2.24, 2.45) is 0 Å². The van der Waals surface area contributed by atoms with E-state index in [1.54, 1.807) is 0 Å². The number of hydrogen-bond donors (Lipinski definition) is 1. The van der Waals surface area contributed by atoms with Gasteiger partial charge in [-0.3, -0.25) is 4.79 Å². The van der Waals surface area contributed by atoms with Crippen molar-refractivity contribution in [2.45, 2.75) is 20.8 Å². The first-order valence-electron chi connectivity index (χ1n) is 8.86. The van der Waals surface area contributed by atoms with Gasteiger partial charge in [-0.1, -0.05) is 35.9 Å². The number of carbonyl (C=O) groups is 1. The summed E-state index contributed by atoms with van der Waals surface area (Å²) in [5, 5.41) is 3.00. The summed E-state index contributed by atoms with van der Waals surface area (Å²) in [4.78, 5) is 17.2. The molecule has 0 aliphatic heterocycles. The Hall–Kier alpha value is -3.40. The monoisotopic (exact) mass is 356 g/mol. The summed E-state index contributed by atoms with van der Waals surface area (Å²) >= 11 is 0. The van der Waals surface area contributed by atoms with E-state index in [1.807, 2.05) is 81.4 Å². The van der Waals surface area contributed by atoms with Gasteiger partial charge in [-0.15, -0.1) is 0 Å². The van der Waals surface area contributed by atoms with Crippen molar-refractivity contribution in [1.82, 2.24) is 4.98 Å². The molecule has 0 spiro atoms. The summed E-state index contributed by atoms with van der Waals surface area (Å²) in [7, 11) is 0. The zero-order chi connectivity index (χ0) is 19.0. The molecule has 1 N–H and O–H groups in total. The molecule has 4 heteroatoms. The van der Waals surface area contributed by atoms with Crippen LogP contribution in [0.3, 0.4) is 0 Å². The minimum atomic E-state index is -0.132. The van der Waals surface area contributed by atoms with E-state index >= 15 is 0 Å². The maximum Gasteiger partial charge on any atom is 0.255 e. The average Bonchev–Trinajstić information content (AvgIpc) is 3.09. The van der Waals surface area contributed by atoms with Crippen molar-refractivity contribution in [3.8, 4) is 11.5 Å². The summed E-state index contributed by atoms with van der Waals surface area (Å²) in [5.41, 5.74) is 6.94. The second-order valence-corrected chi connectivity index (χ2v) is 6.79. The molecule has 0 aliphatic rings. The first kappa shape index (κ1) is 17.0. The van der Waals surface area contributed by atoms with Gasteiger partial charge in [0.05, 0.1) is 0 Å². The van der Waals surface area contributed by atoms with Crippen molar-refractivity contribution in [3.63, 3.8) is 0 Å². The number of rotatable bonds is 3. The largest absolute Gasteiger partial charge is 0.436 e. The van der Waals surface area contributed by atoms with Crippen LogP contribution in [0.4, 0.5) is 5.69 Å². The molecule has 27 heavy (non-hydrogen) atoms. The third-order valence-corrected chi connectivity index (χ3v) is 4.63. The maximum atomic E-state index is 12.6. The van der Waals surface area contributed by atoms with Gasteiger partial charge in [-0.2, -0.15) is 0 Å². The molecule has 134 valence electrons. The second kappa shape index (κ2) is 6.72. The predicted molar refractivity (Wildman–Crippen MR) is 108 cm³/mol. The Kier molecular flexibility index (Phi) is 4.24. The SMILES string of the molecule is Cc1cccc(C(=O)Nc2cc(-c3nc4c(C)cccc4o3)ccc2C)c1. The van der Waals surface area contributed by atoms with Gasteiger partial charge in [0.25, 0.3) is 5.91 Å². The topological polar surface area (TPSA) is 55.1 Å². The van der Waals surface area contributed by atoms with Gasteiger partial charge in [0.1, 0.15) is 5.52 Å². The molecule has 0 saturated carbocycles. The number of aromatic nitrogens is 1. The molecule has 0 radical (unpaired) electrons. The minimum absolute atomic E-state index is 0.132. The number of nitrogens with zero attached hydrogens (tertiary/aromatic N) is 1. The van der Waals surface area contributed by atoms with Crippen LogP contribution in [-0.2, 0) is 0 Å². The Morgan fingerprint density at radius 2 is 1.74 bits per heavy atom. The Morgan fingerprint density at radius 3 is 2.52 bits per heavy atom. The molecule has 4 rings (SSSR count). The Labute approximate surface area is 157 Å². The van der Waals surface area contributed by atoms with Crippen LogP contribution in [0.25, 0.3) is 22.6 Å². The van der Waals surface area contributed by atoms with Crippen molar-refractivity contribution in [2.75, 3.05) is 5.32 Å². The highest BCUT2D eigenvalue weighted by atomic mass is 16.3. The smallest absolute Gasteiger partial charge is 0.255 e. The van der Waals surface area contributed by atoms with Gasteiger partial charge >= 0.3 is 0 Å². The molecule has 4 nitrogen and oxygen atoms in total. The molecule has 1 heterocycles. The standard InChI is InChI=1S/C23H20N2O2/c1-14-6-4-8-17(12-14)22(26)24-19-13-18(11-10-15(19)2)23-25-21-16(3)7-5-9-20(21)27-23/h4-13H,1-3H3,(H,24,26). The first-order valence-corrected chi connectivity index (χ1v) is 8.86. The first-order chi connectivity index (χ1) is 13.0. The molecular weight excluding hydrogens is 336 g/mol. The molecule has 0 aliphatic carbocycles. The second-order valence-electron chi connectivity index (χ2n) is 6.79. The van der Waals surface area contributed by atoms with Crippen LogP contribution in [-0.4, -0.2) is 10.9 Å². The normalized spacial score (nSPS) is 10.9. The van der Waals surface area contributed by atoms with Gasteiger partial charge in [0.2, 0.25) is 5.89 Å². The van der Waals surface area contributed by atoms with Crippen LogP contribution in [0.5, 0.6) is 0 Å². The third kappa shape index (κ3) is 3.34. The molecule has 3 aromatic carbocycles. The Bertz CT molecular complexity index is 1160. The highest BCUT2D eigenvalue weighted by Crippen LogP contribution is 2.29. The lowest BCUT2D eigenvalue weighted by Crippen LogP contribution is -2.13. The van der Waals surface area contributed by atoms with E-state index in [1.165, 1.54) is 0 Å². The summed E-state index contributed by atoms with van der Waals surface area (Å²) in [6.45, 7) is 5.95. The average molecular weight is 356 g/mol. The summed E-state index contributed by atoms with van der Waals surface area (Å²) in [6.07, 6.45) is 0. The van der Waals surface area contributed by atoms with Crippen LogP contribution < -0.4 is 5.32 Å². The lowest BCUT2D eigenvalue weighted by Gasteiger charge is -2.10. The van der Waals surface area contributed by atoms with Gasteiger partial charge in [0, 0.05) is 16.8 Å². The number of amides is 1. The van der Waals surface area contributed by atoms with Gasteiger partial charge in [-0.25, -0.2) is 4.98 Å². The van der Waals surface area contributed by atoms with Crippen LogP contribution in [0.15, 0.2) is 65.1 Å². The number of aryl methyl sites for hydroxylation is 3. The van der Waals surface area contributed by atoms with Crippen molar-refractivity contribution in [3.05, 3.63) is 82.9 Å². The predicted octanol–water partition coefficient (Wildman–Crippen LogP) is 5.67. The molecule has 4 aromatic rings. The highest BCUT2D eigenvalue weighted by molar-refractivity contribution is 6.05. The van der Waals surface area contributed by atoms with Gasteiger partial charge < -0.3 is 9.73 Å². The zero-order valence-electron chi connectivity index (χ0n) is 15.5. The number of nitrogens with one attached hydrogen (secondary N) is 1. The van der Waals surface area contributed by atoms with Gasteiger partial charge in [0.15, 0.2) is 5.58 Å². The molecule has 0 fully saturated rings. The number of carbonyl (C=O) groups excluding carboxylic acids is 1. The number of hydrogen-bond acceptors (Lipinski definition) is 3. The number of para-hydroxylation sites is 1. The quantitative estimate of drug-likeness (QED) is 0.514. The molecular formula is C23H20N2O2. The zero-order valence-corrected chi connectivity index (χ0v) is 15.5. The molecule has 1 amide bonds. The van der Waals surface area contributed by atoms with Gasteiger partial charge in [-0.05, 0) is 62.2 Å². The van der Waals surface area contributed by atoms with Crippen molar-refractivity contribution >= 4 is 22.7 Å². The number of benzene rings is 3. The fourth-order valence-corrected chi connectivity index (χ4v) is 3.08. The van der Waals surface area contributed by atoms with E-state index in [0.717, 1.165) is 39.0 Å². The number of fused-ring (bicyclic) bond motifs is 1. The number of oxazole rings is 1. The molecule has 0 unspecified atom stereocenters. The van der Waals surface area contributed by atoms with Crippen LogP contribution in [0.2, 0.25) is 0 Å². The molecule has 0 saturated heterocycles. The maximum absolute atomic E-state index is 12.6. The van der Waals surface area contributed by atoms with E-state index in [9.17, 15) is 4.79 Å². The fourth-order valence-electron chi connectivity index (χ4n) is 3.08. The lowest BCUT2D eigenvalue weighted by atomic mass is 10.1. The molecule has 0 atom stereocenters. The molecule has 0 bridgehead atoms. The summed E-state index contributed by atoms with van der Waals surface area (Å²) in [5.74, 6) is 0.415. The summed E-state index contributed by atoms with van der Waals surface area (Å²) in [6, 6.07) is 19.2. The van der Waals surface area contributed by atoms with Crippen LogP contribution in [0, 0.1) is 20.8 Å². The third-order valence-electron chi connectivity index (χ3n) is 4.63.